The van der Waals surface area contributed by atoms with Crippen LogP contribution in [0, 0.1) is 5.92 Å². The molecule has 122 valence electrons. The fourth-order valence-corrected chi connectivity index (χ4v) is 1.88. The minimum absolute atomic E-state index is 0.192. The average Bonchev–Trinajstić information content (AvgIpc) is 2.30. The van der Waals surface area contributed by atoms with Gasteiger partial charge >= 0.3 is 12.1 Å². The lowest BCUT2D eigenvalue weighted by atomic mass is 10.1. The first-order valence-corrected chi connectivity index (χ1v) is 7.26. The number of carbonyl (C=O) groups excluding carboxylic acids is 2. The van der Waals surface area contributed by atoms with Crippen molar-refractivity contribution in [1.29, 1.82) is 0 Å². The summed E-state index contributed by atoms with van der Waals surface area (Å²) in [5, 5.41) is 5.89. The Bertz CT molecular complexity index is 344. The molecule has 7 nitrogen and oxygen atoms in total. The molecule has 0 saturated carbocycles. The summed E-state index contributed by atoms with van der Waals surface area (Å²) in [4.78, 5) is 23.3. The first-order valence-electron chi connectivity index (χ1n) is 7.26. The average molecular weight is 302 g/mol. The van der Waals surface area contributed by atoms with Gasteiger partial charge in [0.2, 0.25) is 0 Å². The van der Waals surface area contributed by atoms with Crippen molar-refractivity contribution in [3.05, 3.63) is 0 Å². The van der Waals surface area contributed by atoms with Crippen molar-refractivity contribution in [3.63, 3.8) is 0 Å². The van der Waals surface area contributed by atoms with Crippen LogP contribution in [0.25, 0.3) is 0 Å². The van der Waals surface area contributed by atoms with E-state index in [4.69, 9.17) is 14.2 Å². The molecule has 0 aromatic rings. The zero-order chi connectivity index (χ0) is 15.9. The third-order valence-corrected chi connectivity index (χ3v) is 2.76. The minimum atomic E-state index is -0.533. The van der Waals surface area contributed by atoms with E-state index < -0.39 is 11.7 Å². The molecule has 1 aliphatic heterocycles. The normalized spacial score (nSPS) is 23.6. The number of carbonyl (C=O) groups is 2. The highest BCUT2D eigenvalue weighted by Gasteiger charge is 2.25. The SMILES string of the molecule is CCOC(=O)C1CNCC(NC(=O)OC(C)(C)C)COC1. The van der Waals surface area contributed by atoms with E-state index in [1.807, 2.05) is 20.8 Å². The van der Waals surface area contributed by atoms with Crippen LogP contribution in [0.5, 0.6) is 0 Å². The van der Waals surface area contributed by atoms with Gasteiger partial charge in [-0.1, -0.05) is 0 Å². The van der Waals surface area contributed by atoms with Gasteiger partial charge in [0.1, 0.15) is 5.60 Å². The Morgan fingerprint density at radius 2 is 2.00 bits per heavy atom. The van der Waals surface area contributed by atoms with Gasteiger partial charge in [0.05, 0.1) is 31.8 Å². The summed E-state index contributed by atoms with van der Waals surface area (Å²) in [6.45, 7) is 9.13. The van der Waals surface area contributed by atoms with E-state index in [0.717, 1.165) is 0 Å². The number of alkyl carbamates (subject to hydrolysis) is 1. The van der Waals surface area contributed by atoms with Gasteiger partial charge in [-0.05, 0) is 27.7 Å². The van der Waals surface area contributed by atoms with E-state index in [1.165, 1.54) is 0 Å². The molecule has 7 heteroatoms. The van der Waals surface area contributed by atoms with Crippen LogP contribution in [0.2, 0.25) is 0 Å². The largest absolute Gasteiger partial charge is 0.466 e. The minimum Gasteiger partial charge on any atom is -0.466 e. The second kappa shape index (κ2) is 8.19. The summed E-state index contributed by atoms with van der Waals surface area (Å²) in [7, 11) is 0. The maximum Gasteiger partial charge on any atom is 0.407 e. The van der Waals surface area contributed by atoms with E-state index in [1.54, 1.807) is 6.92 Å². The molecule has 0 aliphatic carbocycles. The topological polar surface area (TPSA) is 85.9 Å². The van der Waals surface area contributed by atoms with Crippen LogP contribution in [-0.2, 0) is 19.0 Å². The monoisotopic (exact) mass is 302 g/mol. The Morgan fingerprint density at radius 1 is 1.29 bits per heavy atom. The van der Waals surface area contributed by atoms with E-state index >= 15 is 0 Å². The van der Waals surface area contributed by atoms with Gasteiger partial charge in [-0.3, -0.25) is 4.79 Å². The Kier molecular flexibility index (Phi) is 6.91. The van der Waals surface area contributed by atoms with Crippen molar-refractivity contribution < 1.29 is 23.8 Å². The summed E-state index contributed by atoms with van der Waals surface area (Å²) in [6.07, 6.45) is -0.472. The molecule has 0 aromatic carbocycles. The molecular weight excluding hydrogens is 276 g/mol. The lowest BCUT2D eigenvalue weighted by Gasteiger charge is -2.27. The van der Waals surface area contributed by atoms with Gasteiger partial charge in [-0.15, -0.1) is 0 Å². The number of amides is 1. The smallest absolute Gasteiger partial charge is 0.407 e. The molecule has 2 unspecified atom stereocenters. The number of hydrogen-bond acceptors (Lipinski definition) is 6. The molecule has 1 fully saturated rings. The van der Waals surface area contributed by atoms with Crippen molar-refractivity contribution in [2.45, 2.75) is 39.3 Å². The maximum atomic E-state index is 11.7. The molecule has 1 saturated heterocycles. The summed E-state index contributed by atoms with van der Waals surface area (Å²) in [6, 6.07) is -0.192. The Balaban J connectivity index is 2.37. The number of hydrogen-bond donors (Lipinski definition) is 2. The third kappa shape index (κ3) is 7.29. The van der Waals surface area contributed by atoms with Crippen LogP contribution in [-0.4, -0.2) is 56.6 Å². The standard InChI is InChI=1S/C14H26N2O5/c1-5-20-12(17)10-6-15-7-11(9-19-8-10)16-13(18)21-14(2,3)4/h10-11,15H,5-9H2,1-4H3,(H,16,18). The lowest BCUT2D eigenvalue weighted by molar-refractivity contribution is -0.150. The van der Waals surface area contributed by atoms with Gasteiger partial charge in [0.25, 0.3) is 0 Å². The number of rotatable bonds is 3. The lowest BCUT2D eigenvalue weighted by Crippen LogP contribution is -2.50. The summed E-state index contributed by atoms with van der Waals surface area (Å²) >= 11 is 0. The summed E-state index contributed by atoms with van der Waals surface area (Å²) in [5.74, 6) is -0.573. The van der Waals surface area contributed by atoms with E-state index in [2.05, 4.69) is 10.6 Å². The molecular formula is C14H26N2O5. The van der Waals surface area contributed by atoms with Crippen molar-refractivity contribution in [3.8, 4) is 0 Å². The van der Waals surface area contributed by atoms with Crippen LogP contribution >= 0.6 is 0 Å². The van der Waals surface area contributed by atoms with Crippen LogP contribution in [0.3, 0.4) is 0 Å². The molecule has 0 spiro atoms. The van der Waals surface area contributed by atoms with Crippen molar-refractivity contribution >= 4 is 12.1 Å². The molecule has 0 bridgehead atoms. The molecule has 2 atom stereocenters. The first-order chi connectivity index (χ1) is 9.81. The first kappa shape index (κ1) is 17.7. The van der Waals surface area contributed by atoms with Crippen molar-refractivity contribution in [1.82, 2.24) is 10.6 Å². The zero-order valence-electron chi connectivity index (χ0n) is 13.2. The van der Waals surface area contributed by atoms with Gasteiger partial charge in [0, 0.05) is 13.1 Å². The zero-order valence-corrected chi connectivity index (χ0v) is 13.2. The van der Waals surface area contributed by atoms with Gasteiger partial charge in [0.15, 0.2) is 0 Å². The van der Waals surface area contributed by atoms with Gasteiger partial charge in [-0.25, -0.2) is 4.79 Å². The van der Waals surface area contributed by atoms with Gasteiger partial charge < -0.3 is 24.8 Å². The molecule has 0 radical (unpaired) electrons. The molecule has 1 amide bonds. The van der Waals surface area contributed by atoms with Crippen LogP contribution in [0.4, 0.5) is 4.79 Å². The van der Waals surface area contributed by atoms with Crippen LogP contribution in [0.1, 0.15) is 27.7 Å². The summed E-state index contributed by atoms with van der Waals surface area (Å²) in [5.41, 5.74) is -0.533. The fraction of sp³-hybridized carbons (Fsp3) is 0.857. The van der Waals surface area contributed by atoms with E-state index in [9.17, 15) is 9.59 Å². The molecule has 1 heterocycles. The van der Waals surface area contributed by atoms with Crippen molar-refractivity contribution in [2.24, 2.45) is 5.92 Å². The predicted octanol–water partition coefficient (Wildman–Crippen LogP) is 0.679. The fourth-order valence-electron chi connectivity index (χ4n) is 1.88. The highest BCUT2D eigenvalue weighted by molar-refractivity contribution is 5.72. The van der Waals surface area contributed by atoms with Crippen molar-refractivity contribution in [2.75, 3.05) is 32.9 Å². The third-order valence-electron chi connectivity index (χ3n) is 2.76. The highest BCUT2D eigenvalue weighted by atomic mass is 16.6. The molecule has 21 heavy (non-hydrogen) atoms. The Labute approximate surface area is 125 Å². The summed E-state index contributed by atoms with van der Waals surface area (Å²) < 4.78 is 15.7. The van der Waals surface area contributed by atoms with E-state index in [-0.39, 0.29) is 24.5 Å². The van der Waals surface area contributed by atoms with Gasteiger partial charge in [-0.2, -0.15) is 0 Å². The quantitative estimate of drug-likeness (QED) is 0.746. The number of nitrogens with one attached hydrogen (secondary N) is 2. The molecule has 1 rings (SSSR count). The maximum absolute atomic E-state index is 11.7. The predicted molar refractivity (Wildman–Crippen MR) is 77.0 cm³/mol. The number of esters is 1. The van der Waals surface area contributed by atoms with E-state index in [0.29, 0.717) is 26.3 Å². The number of ether oxygens (including phenoxy) is 3. The second-order valence-electron chi connectivity index (χ2n) is 5.99. The Morgan fingerprint density at radius 3 is 2.62 bits per heavy atom. The van der Waals surface area contributed by atoms with Crippen LogP contribution < -0.4 is 10.6 Å². The Hall–Kier alpha value is -1.34. The highest BCUT2D eigenvalue weighted by Crippen LogP contribution is 2.08. The molecule has 0 aromatic heterocycles. The second-order valence-corrected chi connectivity index (χ2v) is 5.99. The van der Waals surface area contributed by atoms with Crippen LogP contribution in [0.15, 0.2) is 0 Å². The molecule has 2 N–H and O–H groups in total. The molecule has 1 aliphatic rings.